The third kappa shape index (κ3) is 16.7. The molecule has 0 rings (SSSR count). The van der Waals surface area contributed by atoms with Crippen LogP contribution >= 0.6 is 19.2 Å². The van der Waals surface area contributed by atoms with Crippen molar-refractivity contribution in [3.8, 4) is 10.8 Å². The second kappa shape index (κ2) is 13.8. The Balaban J connectivity index is 0. The van der Waals surface area contributed by atoms with E-state index in [1.807, 2.05) is 10.8 Å². The van der Waals surface area contributed by atoms with Gasteiger partial charge in [0.1, 0.15) is 0 Å². The Labute approximate surface area is 84.8 Å². The molecule has 0 heterocycles. The molecule has 0 aliphatic rings. The molecular formula is C5H11N4PdS2. The van der Waals surface area contributed by atoms with Crippen molar-refractivity contribution in [1.82, 2.24) is 0 Å². The van der Waals surface area contributed by atoms with E-state index in [1.165, 1.54) is 0 Å². The molecule has 0 radical (unpaired) electrons. The molecule has 0 bridgehead atoms. The van der Waals surface area contributed by atoms with E-state index in [2.05, 4.69) is 6.92 Å². The molecule has 0 atom stereocenters. The number of rotatable bonds is 3. The van der Waals surface area contributed by atoms with Crippen LogP contribution in [-0.2, 0) is 14.5 Å². The number of nitriles is 2. The van der Waals surface area contributed by atoms with E-state index in [1.54, 1.807) is 0 Å². The summed E-state index contributed by atoms with van der Waals surface area (Å²) < 4.78 is 5.29. The average molecular weight is 298 g/mol. The van der Waals surface area contributed by atoms with Crippen molar-refractivity contribution in [2.45, 2.75) is 13.3 Å². The van der Waals surface area contributed by atoms with Crippen molar-refractivity contribution in [3.05, 3.63) is 0 Å². The van der Waals surface area contributed by atoms with Crippen LogP contribution in [0.15, 0.2) is 0 Å². The number of nitrogens with zero attached hydrogens (tertiary/aromatic N) is 2. The first-order chi connectivity index (χ1) is 5.72. The zero-order chi connectivity index (χ0) is 9.82. The van der Waals surface area contributed by atoms with Crippen molar-refractivity contribution in [3.63, 3.8) is 0 Å². The Morgan fingerprint density at radius 2 is 1.67 bits per heavy atom. The molecule has 0 aromatic carbocycles. The first kappa shape index (κ1) is 14.8. The van der Waals surface area contributed by atoms with Gasteiger partial charge in [0.25, 0.3) is 0 Å². The zero-order valence-corrected chi connectivity index (χ0v) is 9.78. The first-order valence-electron chi connectivity index (χ1n) is 2.91. The van der Waals surface area contributed by atoms with Gasteiger partial charge in [0.15, 0.2) is 0 Å². The van der Waals surface area contributed by atoms with Crippen LogP contribution in [0.3, 0.4) is 0 Å². The van der Waals surface area contributed by atoms with Crippen molar-refractivity contribution in [2.75, 3.05) is 6.54 Å². The monoisotopic (exact) mass is 297 g/mol. The van der Waals surface area contributed by atoms with Crippen LogP contribution in [0.1, 0.15) is 13.3 Å². The van der Waals surface area contributed by atoms with Gasteiger partial charge in [-0.25, -0.2) is 0 Å². The summed E-state index contributed by atoms with van der Waals surface area (Å²) in [7, 11) is 1.99. The van der Waals surface area contributed by atoms with Crippen LogP contribution in [0.2, 0.25) is 0 Å². The molecule has 0 fully saturated rings. The third-order valence-electron chi connectivity index (χ3n) is 0.474. The van der Waals surface area contributed by atoms with Gasteiger partial charge in [0.2, 0.25) is 0 Å². The van der Waals surface area contributed by atoms with Crippen LogP contribution in [0.4, 0.5) is 0 Å². The number of thiocyanates is 2. The van der Waals surface area contributed by atoms with E-state index in [0.717, 1.165) is 32.1 Å². The van der Waals surface area contributed by atoms with Crippen molar-refractivity contribution >= 4 is 19.2 Å². The van der Waals surface area contributed by atoms with Crippen molar-refractivity contribution < 1.29 is 14.5 Å². The second-order valence-electron chi connectivity index (χ2n) is 1.30. The minimum atomic E-state index is -1.40. The molecule has 0 saturated heterocycles. The third-order valence-corrected chi connectivity index (χ3v) is 5.44. The van der Waals surface area contributed by atoms with Gasteiger partial charge in [-0.05, 0) is 13.0 Å². The van der Waals surface area contributed by atoms with Crippen LogP contribution in [-0.4, -0.2) is 6.54 Å². The van der Waals surface area contributed by atoms with E-state index in [9.17, 15) is 0 Å². The van der Waals surface area contributed by atoms with Crippen molar-refractivity contribution in [2.24, 2.45) is 10.1 Å². The maximum absolute atomic E-state index is 8.00. The summed E-state index contributed by atoms with van der Waals surface area (Å²) in [5.41, 5.74) is 5.03. The summed E-state index contributed by atoms with van der Waals surface area (Å²) in [6.07, 6.45) is 1.10. The zero-order valence-electron chi connectivity index (χ0n) is 6.60. The first-order valence-corrected chi connectivity index (χ1v) is 8.95. The Bertz CT molecular complexity index is 146. The van der Waals surface area contributed by atoms with Crippen molar-refractivity contribution in [1.29, 1.82) is 10.5 Å². The second-order valence-corrected chi connectivity index (χ2v) is 9.08. The predicted octanol–water partition coefficient (Wildman–Crippen LogP) is 1.09. The van der Waals surface area contributed by atoms with Gasteiger partial charge in [-0.3, -0.25) is 0 Å². The molecule has 73 valence electrons. The molecule has 7 heteroatoms. The fourth-order valence-electron chi connectivity index (χ4n) is 0.0701. The Hall–Kier alpha value is 0.262. The van der Waals surface area contributed by atoms with Crippen LogP contribution < -0.4 is 10.1 Å². The van der Waals surface area contributed by atoms with Crippen LogP contribution in [0, 0.1) is 21.3 Å². The predicted molar refractivity (Wildman–Crippen MR) is 49.9 cm³/mol. The quantitative estimate of drug-likeness (QED) is 0.597. The number of nitrogens with two attached hydrogens (primary N) is 2. The number of hydrogen-bond donors (Lipinski definition) is 2. The topological polar surface area (TPSA) is 99.6 Å². The molecule has 0 aromatic rings. The van der Waals surface area contributed by atoms with Crippen LogP contribution in [0.25, 0.3) is 0 Å². The average Bonchev–Trinajstić information content (AvgIpc) is 2.06. The molecule has 0 amide bonds. The summed E-state index contributed by atoms with van der Waals surface area (Å²) in [6.45, 7) is 2.88. The molecule has 4 N–H and O–H groups in total. The van der Waals surface area contributed by atoms with Gasteiger partial charge in [-0.15, -0.1) is 0 Å². The molecule has 0 spiro atoms. The number of hydrogen-bond acceptors (Lipinski definition) is 6. The van der Waals surface area contributed by atoms with E-state index in [4.69, 9.17) is 20.6 Å². The Morgan fingerprint density at radius 1 is 1.33 bits per heavy atom. The maximum atomic E-state index is 8.00. The summed E-state index contributed by atoms with van der Waals surface area (Å²) in [4.78, 5) is 0. The van der Waals surface area contributed by atoms with Gasteiger partial charge in [0, 0.05) is 0 Å². The normalized spacial score (nSPS) is 8.58. The molecular weight excluding hydrogens is 287 g/mol. The summed E-state index contributed by atoms with van der Waals surface area (Å²) in [6, 6.07) is 0. The van der Waals surface area contributed by atoms with Gasteiger partial charge in [0.05, 0.1) is 0 Å². The molecule has 0 aliphatic carbocycles. The minimum absolute atomic E-state index is 0.819. The molecule has 4 nitrogen and oxygen atoms in total. The molecule has 0 aromatic heterocycles. The summed E-state index contributed by atoms with van der Waals surface area (Å²) in [5, 5.41) is 19.7. The van der Waals surface area contributed by atoms with E-state index in [0.29, 0.717) is 0 Å². The van der Waals surface area contributed by atoms with Gasteiger partial charge < -0.3 is 5.73 Å². The standard InChI is InChI=1S/C3H9N.2CHNS.H2N.Pd/c1-2-3-4;2*2-1-3;;/h2-4H2,1H3;2*3H;1H2;/q;;;-1;+3/p-2. The van der Waals surface area contributed by atoms with Gasteiger partial charge in [-0.1, -0.05) is 6.92 Å². The Morgan fingerprint density at radius 3 is 1.83 bits per heavy atom. The fourth-order valence-corrected chi connectivity index (χ4v) is 2.55. The van der Waals surface area contributed by atoms with E-state index >= 15 is 0 Å². The molecule has 0 unspecified atom stereocenters. The summed E-state index contributed by atoms with van der Waals surface area (Å²) in [5.74, 6) is 0. The fraction of sp³-hybridized carbons (Fsp3) is 0.600. The van der Waals surface area contributed by atoms with E-state index < -0.39 is 14.5 Å². The SMILES string of the molecule is CCCN.N#C[S][Pd]([NH2])[S]C#N. The molecule has 12 heavy (non-hydrogen) atoms. The van der Waals surface area contributed by atoms with Crippen LogP contribution in [0.5, 0.6) is 0 Å². The Kier molecular flexibility index (Phi) is 17.0. The summed E-state index contributed by atoms with van der Waals surface area (Å²) >= 11 is -1.40. The van der Waals surface area contributed by atoms with Gasteiger partial charge >= 0.3 is 59.4 Å². The molecule has 0 saturated carbocycles. The molecule has 0 aliphatic heterocycles. The van der Waals surface area contributed by atoms with Gasteiger partial charge in [-0.2, -0.15) is 0 Å². The van der Waals surface area contributed by atoms with E-state index in [-0.39, 0.29) is 0 Å².